The lowest BCUT2D eigenvalue weighted by molar-refractivity contribution is 0.628. The fraction of sp³-hybridized carbons (Fsp3) is 0.0667. The molecule has 3 aromatic rings. The monoisotopic (exact) mass is 285 g/mol. The van der Waals surface area contributed by atoms with Crippen molar-refractivity contribution in [3.63, 3.8) is 0 Å². The molecule has 0 N–H and O–H groups in total. The van der Waals surface area contributed by atoms with Crippen LogP contribution in [0, 0.1) is 17.1 Å². The van der Waals surface area contributed by atoms with Crippen LogP contribution in [-0.4, -0.2) is 9.55 Å². The van der Waals surface area contributed by atoms with E-state index in [1.165, 1.54) is 6.07 Å². The Hall–Kier alpha value is -2.38. The predicted molar refractivity (Wildman–Crippen MR) is 75.8 cm³/mol. The molecule has 1 heterocycles. The van der Waals surface area contributed by atoms with Gasteiger partial charge < -0.3 is 4.57 Å². The summed E-state index contributed by atoms with van der Waals surface area (Å²) in [6, 6.07) is 11.9. The quantitative estimate of drug-likeness (QED) is 0.680. The molecule has 20 heavy (non-hydrogen) atoms. The van der Waals surface area contributed by atoms with E-state index in [1.54, 1.807) is 24.3 Å². The lowest BCUT2D eigenvalue weighted by atomic mass is 10.2. The number of benzene rings is 2. The second kappa shape index (κ2) is 4.62. The van der Waals surface area contributed by atoms with E-state index in [1.807, 2.05) is 17.7 Å². The second-order valence-corrected chi connectivity index (χ2v) is 4.85. The highest BCUT2D eigenvalue weighted by Gasteiger charge is 2.12. The van der Waals surface area contributed by atoms with Crippen LogP contribution in [0.1, 0.15) is 5.56 Å². The van der Waals surface area contributed by atoms with Gasteiger partial charge in [0.2, 0.25) is 0 Å². The first-order chi connectivity index (χ1) is 9.60. The van der Waals surface area contributed by atoms with Crippen molar-refractivity contribution in [3.05, 3.63) is 52.8 Å². The van der Waals surface area contributed by atoms with Crippen molar-refractivity contribution in [2.45, 2.75) is 0 Å². The van der Waals surface area contributed by atoms with E-state index in [9.17, 15) is 4.39 Å². The fourth-order valence-electron chi connectivity index (χ4n) is 2.16. The van der Waals surface area contributed by atoms with Gasteiger partial charge >= 0.3 is 0 Å². The molecule has 5 heteroatoms. The van der Waals surface area contributed by atoms with Crippen LogP contribution in [0.4, 0.5) is 4.39 Å². The Labute approximate surface area is 119 Å². The van der Waals surface area contributed by atoms with Crippen molar-refractivity contribution >= 4 is 22.6 Å². The summed E-state index contributed by atoms with van der Waals surface area (Å²) in [5.74, 6) is 0.220. The maximum Gasteiger partial charge on any atom is 0.141 e. The lowest BCUT2D eigenvalue weighted by Crippen LogP contribution is -1.92. The summed E-state index contributed by atoms with van der Waals surface area (Å²) in [5, 5.41) is 8.98. The largest absolute Gasteiger partial charge is 0.327 e. The van der Waals surface area contributed by atoms with Crippen molar-refractivity contribution in [2.75, 3.05) is 0 Å². The molecule has 0 amide bonds. The second-order valence-electron chi connectivity index (χ2n) is 4.44. The van der Waals surface area contributed by atoms with Gasteiger partial charge in [0.15, 0.2) is 0 Å². The summed E-state index contributed by atoms with van der Waals surface area (Å²) < 4.78 is 15.1. The van der Waals surface area contributed by atoms with E-state index in [0.29, 0.717) is 11.4 Å². The molecule has 0 unspecified atom stereocenters. The summed E-state index contributed by atoms with van der Waals surface area (Å²) in [6.45, 7) is 0. The van der Waals surface area contributed by atoms with Gasteiger partial charge in [-0.25, -0.2) is 9.37 Å². The molecule has 0 spiro atoms. The van der Waals surface area contributed by atoms with Crippen LogP contribution in [0.5, 0.6) is 0 Å². The van der Waals surface area contributed by atoms with E-state index >= 15 is 0 Å². The molecular weight excluding hydrogens is 277 g/mol. The Kier molecular flexibility index (Phi) is 2.92. The number of aromatic nitrogens is 2. The molecule has 0 radical (unpaired) electrons. The minimum atomic E-state index is -0.457. The molecule has 0 atom stereocenters. The Bertz CT molecular complexity index is 861. The van der Waals surface area contributed by atoms with Gasteiger partial charge in [-0.05, 0) is 36.4 Å². The number of nitriles is 1. The standard InChI is InChI=1S/C15H9ClFN3/c1-20-14-5-2-9(8-18)6-13(14)19-15(20)10-3-4-12(17)11(16)7-10/h2-7H,1H3. The Morgan fingerprint density at radius 2 is 2.05 bits per heavy atom. The molecule has 0 saturated carbocycles. The zero-order chi connectivity index (χ0) is 14.3. The van der Waals surface area contributed by atoms with Crippen LogP contribution in [0.15, 0.2) is 36.4 Å². The molecule has 0 fully saturated rings. The Morgan fingerprint density at radius 3 is 2.75 bits per heavy atom. The van der Waals surface area contributed by atoms with Gasteiger partial charge in [0.25, 0.3) is 0 Å². The van der Waals surface area contributed by atoms with Crippen molar-refractivity contribution in [1.29, 1.82) is 5.26 Å². The number of nitrogens with zero attached hydrogens (tertiary/aromatic N) is 3. The summed E-state index contributed by atoms with van der Waals surface area (Å²) in [4.78, 5) is 4.49. The molecule has 0 bridgehead atoms. The number of aryl methyl sites for hydroxylation is 1. The highest BCUT2D eigenvalue weighted by molar-refractivity contribution is 6.31. The minimum Gasteiger partial charge on any atom is -0.327 e. The highest BCUT2D eigenvalue weighted by atomic mass is 35.5. The molecule has 0 aliphatic heterocycles. The van der Waals surface area contributed by atoms with Gasteiger partial charge in [-0.3, -0.25) is 0 Å². The lowest BCUT2D eigenvalue weighted by Gasteiger charge is -2.03. The first kappa shape index (κ1) is 12.6. The van der Waals surface area contributed by atoms with E-state index in [4.69, 9.17) is 16.9 Å². The molecule has 98 valence electrons. The predicted octanol–water partition coefficient (Wildman–Crippen LogP) is 3.90. The minimum absolute atomic E-state index is 0.0623. The van der Waals surface area contributed by atoms with Crippen molar-refractivity contribution in [3.8, 4) is 17.5 Å². The number of fused-ring (bicyclic) bond motifs is 1. The Morgan fingerprint density at radius 1 is 1.25 bits per heavy atom. The van der Waals surface area contributed by atoms with Gasteiger partial charge in [-0.2, -0.15) is 5.26 Å². The van der Waals surface area contributed by atoms with Crippen LogP contribution in [0.25, 0.3) is 22.4 Å². The summed E-state index contributed by atoms with van der Waals surface area (Å²) in [6.07, 6.45) is 0. The van der Waals surface area contributed by atoms with Crippen LogP contribution < -0.4 is 0 Å². The van der Waals surface area contributed by atoms with Crippen molar-refractivity contribution < 1.29 is 4.39 Å². The topological polar surface area (TPSA) is 41.6 Å². The van der Waals surface area contributed by atoms with Crippen molar-refractivity contribution in [1.82, 2.24) is 9.55 Å². The Balaban J connectivity index is 2.23. The first-order valence-electron chi connectivity index (χ1n) is 5.92. The molecule has 0 aliphatic carbocycles. The number of rotatable bonds is 1. The number of hydrogen-bond acceptors (Lipinski definition) is 2. The van der Waals surface area contributed by atoms with Crippen LogP contribution >= 0.6 is 11.6 Å². The maximum atomic E-state index is 13.2. The zero-order valence-electron chi connectivity index (χ0n) is 10.6. The average molecular weight is 286 g/mol. The third-order valence-corrected chi connectivity index (χ3v) is 3.48. The fourth-order valence-corrected chi connectivity index (χ4v) is 2.34. The molecule has 2 aromatic carbocycles. The number of imidazole rings is 1. The first-order valence-corrected chi connectivity index (χ1v) is 6.30. The van der Waals surface area contributed by atoms with Gasteiger partial charge in [0.05, 0.1) is 27.7 Å². The van der Waals surface area contributed by atoms with Gasteiger partial charge in [-0.1, -0.05) is 11.6 Å². The van der Waals surface area contributed by atoms with Gasteiger partial charge in [0, 0.05) is 12.6 Å². The van der Waals surface area contributed by atoms with Crippen molar-refractivity contribution in [2.24, 2.45) is 7.05 Å². The van der Waals surface area contributed by atoms with Gasteiger partial charge in [0.1, 0.15) is 11.6 Å². The third-order valence-electron chi connectivity index (χ3n) is 3.19. The smallest absolute Gasteiger partial charge is 0.141 e. The van der Waals surface area contributed by atoms with E-state index in [0.717, 1.165) is 16.6 Å². The zero-order valence-corrected chi connectivity index (χ0v) is 11.3. The summed E-state index contributed by atoms with van der Waals surface area (Å²) in [5.41, 5.74) is 2.91. The molecule has 1 aromatic heterocycles. The van der Waals surface area contributed by atoms with Crippen LogP contribution in [0.3, 0.4) is 0 Å². The van der Waals surface area contributed by atoms with E-state index in [2.05, 4.69) is 11.1 Å². The molecule has 3 nitrogen and oxygen atoms in total. The van der Waals surface area contributed by atoms with Crippen LogP contribution in [0.2, 0.25) is 5.02 Å². The normalized spacial score (nSPS) is 10.7. The summed E-state index contributed by atoms with van der Waals surface area (Å²) >= 11 is 5.81. The number of hydrogen-bond donors (Lipinski definition) is 0. The van der Waals surface area contributed by atoms with Gasteiger partial charge in [-0.15, -0.1) is 0 Å². The molecule has 0 saturated heterocycles. The molecule has 0 aliphatic rings. The van der Waals surface area contributed by atoms with E-state index < -0.39 is 5.82 Å². The molecular formula is C15H9ClFN3. The maximum absolute atomic E-state index is 13.2. The highest BCUT2D eigenvalue weighted by Crippen LogP contribution is 2.27. The van der Waals surface area contributed by atoms with E-state index in [-0.39, 0.29) is 5.02 Å². The van der Waals surface area contributed by atoms with Crippen LogP contribution in [-0.2, 0) is 7.05 Å². The SMILES string of the molecule is Cn1c(-c2ccc(F)c(Cl)c2)nc2cc(C#N)ccc21. The number of halogens is 2. The third kappa shape index (κ3) is 1.93. The molecule has 3 rings (SSSR count). The summed E-state index contributed by atoms with van der Waals surface area (Å²) in [7, 11) is 1.87. The average Bonchev–Trinajstić information content (AvgIpc) is 2.78.